The van der Waals surface area contributed by atoms with Crippen LogP contribution in [0.2, 0.25) is 5.02 Å². The number of nitro groups is 1. The van der Waals surface area contributed by atoms with Gasteiger partial charge in [-0.3, -0.25) is 10.1 Å². The van der Waals surface area contributed by atoms with Crippen molar-refractivity contribution in [3.05, 3.63) is 62.3 Å². The Morgan fingerprint density at radius 2 is 1.76 bits per heavy atom. The first-order chi connectivity index (χ1) is 13.9. The summed E-state index contributed by atoms with van der Waals surface area (Å²) in [6.45, 7) is 0. The van der Waals surface area contributed by atoms with Gasteiger partial charge in [-0.25, -0.2) is 9.79 Å². The molecule has 0 saturated heterocycles. The van der Waals surface area contributed by atoms with Crippen LogP contribution in [-0.4, -0.2) is 38.1 Å². The van der Waals surface area contributed by atoms with Gasteiger partial charge in [-0.15, -0.1) is 0 Å². The molecule has 2 aromatic carbocycles. The van der Waals surface area contributed by atoms with E-state index in [1.165, 1.54) is 45.6 Å². The lowest BCUT2D eigenvalue weighted by molar-refractivity contribution is -0.384. The summed E-state index contributed by atoms with van der Waals surface area (Å²) in [6, 6.07) is 7.29. The Bertz CT molecular complexity index is 1040. The van der Waals surface area contributed by atoms with Crippen LogP contribution in [-0.2, 0) is 9.53 Å². The number of nitrogens with zero attached hydrogens (tertiary/aromatic N) is 2. The molecule has 1 aliphatic heterocycles. The maximum atomic E-state index is 12.2. The first-order valence-electron chi connectivity index (χ1n) is 8.14. The van der Waals surface area contributed by atoms with Gasteiger partial charge in [-0.1, -0.05) is 11.6 Å². The first-order valence-corrected chi connectivity index (χ1v) is 8.52. The van der Waals surface area contributed by atoms with Crippen LogP contribution in [0.4, 0.5) is 5.69 Å². The van der Waals surface area contributed by atoms with Gasteiger partial charge < -0.3 is 18.9 Å². The highest BCUT2D eigenvalue weighted by Crippen LogP contribution is 2.39. The van der Waals surface area contributed by atoms with E-state index < -0.39 is 10.9 Å². The van der Waals surface area contributed by atoms with Crippen LogP contribution in [0.25, 0.3) is 6.08 Å². The number of benzene rings is 2. The van der Waals surface area contributed by atoms with Crippen LogP contribution in [0, 0.1) is 10.1 Å². The van der Waals surface area contributed by atoms with Gasteiger partial charge in [0.1, 0.15) is 5.02 Å². The smallest absolute Gasteiger partial charge is 0.363 e. The second-order valence-electron chi connectivity index (χ2n) is 5.72. The lowest BCUT2D eigenvalue weighted by Crippen LogP contribution is -2.06. The fourth-order valence-corrected chi connectivity index (χ4v) is 2.85. The monoisotopic (exact) mass is 418 g/mol. The molecule has 2 aromatic rings. The van der Waals surface area contributed by atoms with Crippen molar-refractivity contribution < 1.29 is 28.7 Å². The zero-order valence-corrected chi connectivity index (χ0v) is 16.4. The van der Waals surface area contributed by atoms with E-state index in [4.69, 9.17) is 30.5 Å². The number of carbonyl (C=O) groups excluding carboxylic acids is 1. The first kappa shape index (κ1) is 20.2. The largest absolute Gasteiger partial charge is 0.493 e. The van der Waals surface area contributed by atoms with E-state index in [9.17, 15) is 14.9 Å². The maximum Gasteiger partial charge on any atom is 0.363 e. The van der Waals surface area contributed by atoms with Crippen molar-refractivity contribution in [2.45, 2.75) is 0 Å². The Hall–Kier alpha value is -3.59. The molecule has 0 bridgehead atoms. The second kappa shape index (κ2) is 8.19. The van der Waals surface area contributed by atoms with Crippen molar-refractivity contribution in [3.8, 4) is 17.2 Å². The van der Waals surface area contributed by atoms with E-state index in [1.807, 2.05) is 0 Å². The Labute approximate surface area is 170 Å². The van der Waals surface area contributed by atoms with E-state index in [-0.39, 0.29) is 27.9 Å². The van der Waals surface area contributed by atoms with Crippen molar-refractivity contribution in [1.82, 2.24) is 0 Å². The van der Waals surface area contributed by atoms with E-state index >= 15 is 0 Å². The lowest BCUT2D eigenvalue weighted by atomic mass is 10.1. The third-order valence-corrected chi connectivity index (χ3v) is 4.32. The topological polar surface area (TPSA) is 109 Å². The zero-order valence-electron chi connectivity index (χ0n) is 15.6. The summed E-state index contributed by atoms with van der Waals surface area (Å²) in [5.74, 6) is 0.453. The molecule has 1 aliphatic rings. The van der Waals surface area contributed by atoms with E-state index in [2.05, 4.69) is 4.99 Å². The second-order valence-corrected chi connectivity index (χ2v) is 6.13. The quantitative estimate of drug-likeness (QED) is 0.305. The molecule has 10 heteroatoms. The molecule has 0 aliphatic carbocycles. The molecule has 0 radical (unpaired) electrons. The molecule has 9 nitrogen and oxygen atoms in total. The van der Waals surface area contributed by atoms with Crippen LogP contribution in [0.3, 0.4) is 0 Å². The Morgan fingerprint density at radius 1 is 1.10 bits per heavy atom. The number of esters is 1. The molecule has 0 saturated carbocycles. The summed E-state index contributed by atoms with van der Waals surface area (Å²) in [6.07, 6.45) is 1.48. The minimum Gasteiger partial charge on any atom is -0.493 e. The standard InChI is InChI=1S/C19H15ClN2O7/c1-26-15-7-10(8-16(27-2)17(15)28-3)6-13-19(23)29-18(21-13)11-4-5-12(20)14(9-11)22(24)25/h4-9H,1-3H3. The predicted octanol–water partition coefficient (Wildman–Crippen LogP) is 3.62. The molecular formula is C19H15ClN2O7. The molecular weight excluding hydrogens is 404 g/mol. The summed E-state index contributed by atoms with van der Waals surface area (Å²) >= 11 is 5.81. The van der Waals surface area contributed by atoms with Crippen molar-refractivity contribution in [2.75, 3.05) is 21.3 Å². The number of aliphatic imine (C=N–C) groups is 1. The molecule has 0 aromatic heterocycles. The summed E-state index contributed by atoms with van der Waals surface area (Å²) < 4.78 is 21.0. The van der Waals surface area contributed by atoms with Crippen LogP contribution in [0.5, 0.6) is 17.2 Å². The van der Waals surface area contributed by atoms with E-state index in [0.29, 0.717) is 22.8 Å². The normalized spacial score (nSPS) is 14.4. The fourth-order valence-electron chi connectivity index (χ4n) is 2.66. The number of methoxy groups -OCH3 is 3. The molecule has 3 rings (SSSR count). The van der Waals surface area contributed by atoms with Crippen molar-refractivity contribution >= 4 is 35.2 Å². The highest BCUT2D eigenvalue weighted by molar-refractivity contribution is 6.32. The molecule has 150 valence electrons. The minimum absolute atomic E-state index is 0.00637. The lowest BCUT2D eigenvalue weighted by Gasteiger charge is -2.12. The van der Waals surface area contributed by atoms with Crippen LogP contribution >= 0.6 is 11.6 Å². The number of nitro benzene ring substituents is 1. The SMILES string of the molecule is COc1cc(C=C2N=C(c3ccc(Cl)c([N+](=O)[O-])c3)OC2=O)cc(OC)c1OC. The van der Waals surface area contributed by atoms with Gasteiger partial charge in [-0.05, 0) is 35.9 Å². The molecule has 0 atom stereocenters. The van der Waals surface area contributed by atoms with Crippen LogP contribution in [0.1, 0.15) is 11.1 Å². The van der Waals surface area contributed by atoms with Crippen molar-refractivity contribution in [1.29, 1.82) is 0 Å². The Morgan fingerprint density at radius 3 is 2.31 bits per heavy atom. The molecule has 1 heterocycles. The third kappa shape index (κ3) is 3.99. The minimum atomic E-state index is -0.702. The number of carbonyl (C=O) groups is 1. The summed E-state index contributed by atoms with van der Waals surface area (Å²) in [7, 11) is 4.43. The maximum absolute atomic E-state index is 12.2. The number of hydrogen-bond donors (Lipinski definition) is 0. The molecule has 0 unspecified atom stereocenters. The molecule has 29 heavy (non-hydrogen) atoms. The average molecular weight is 419 g/mol. The van der Waals surface area contributed by atoms with Gasteiger partial charge in [0.05, 0.1) is 26.3 Å². The van der Waals surface area contributed by atoms with E-state index in [0.717, 1.165) is 0 Å². The van der Waals surface area contributed by atoms with Gasteiger partial charge in [0.25, 0.3) is 5.69 Å². The molecule has 0 N–H and O–H groups in total. The van der Waals surface area contributed by atoms with Crippen LogP contribution in [0.15, 0.2) is 41.0 Å². The van der Waals surface area contributed by atoms with Gasteiger partial charge >= 0.3 is 5.97 Å². The zero-order chi connectivity index (χ0) is 21.1. The van der Waals surface area contributed by atoms with Crippen molar-refractivity contribution in [3.63, 3.8) is 0 Å². The van der Waals surface area contributed by atoms with Crippen LogP contribution < -0.4 is 14.2 Å². The predicted molar refractivity (Wildman–Crippen MR) is 105 cm³/mol. The summed E-state index contributed by atoms with van der Waals surface area (Å²) in [5, 5.41) is 11.0. The number of hydrogen-bond acceptors (Lipinski definition) is 8. The third-order valence-electron chi connectivity index (χ3n) is 4.00. The average Bonchev–Trinajstić information content (AvgIpc) is 3.07. The van der Waals surface area contributed by atoms with Crippen molar-refractivity contribution in [2.24, 2.45) is 4.99 Å². The molecule has 0 amide bonds. The summed E-state index contributed by atoms with van der Waals surface area (Å²) in [5.41, 5.74) is 0.498. The van der Waals surface area contributed by atoms with Gasteiger partial charge in [-0.2, -0.15) is 0 Å². The molecule has 0 spiro atoms. The highest BCUT2D eigenvalue weighted by Gasteiger charge is 2.26. The molecule has 0 fully saturated rings. The summed E-state index contributed by atoms with van der Waals surface area (Å²) in [4.78, 5) is 26.8. The van der Waals surface area contributed by atoms with Gasteiger partial charge in [0, 0.05) is 11.6 Å². The fraction of sp³-hybridized carbons (Fsp3) is 0.158. The Kier molecular flexibility index (Phi) is 5.69. The number of ether oxygens (including phenoxy) is 4. The number of cyclic esters (lactones) is 1. The number of halogens is 1. The van der Waals surface area contributed by atoms with E-state index in [1.54, 1.807) is 12.1 Å². The Balaban J connectivity index is 2.01. The highest BCUT2D eigenvalue weighted by atomic mass is 35.5. The van der Waals surface area contributed by atoms with Gasteiger partial charge in [0.15, 0.2) is 17.2 Å². The van der Waals surface area contributed by atoms with Gasteiger partial charge in [0.2, 0.25) is 11.6 Å². The number of rotatable bonds is 6.